The number of aryl methyl sites for hydroxylation is 1. The Morgan fingerprint density at radius 3 is 2.69 bits per heavy atom. The highest BCUT2D eigenvalue weighted by Gasteiger charge is 2.06. The maximum Gasteiger partial charge on any atom is 0.170 e. The summed E-state index contributed by atoms with van der Waals surface area (Å²) in [4.78, 5) is 0. The zero-order valence-electron chi connectivity index (χ0n) is 9.14. The molecule has 1 aromatic heterocycles. The fraction of sp³-hybridized carbons (Fsp3) is 0.273. The Morgan fingerprint density at radius 1 is 1.31 bits per heavy atom. The number of hydrogen-bond acceptors (Lipinski definition) is 3. The van der Waals surface area contributed by atoms with E-state index in [4.69, 9.17) is 4.74 Å². The van der Waals surface area contributed by atoms with E-state index in [1.807, 2.05) is 42.8 Å². The van der Waals surface area contributed by atoms with Crippen LogP contribution in [0.2, 0.25) is 0 Å². The number of halogens is 1. The maximum atomic E-state index is 5.69. The quantitative estimate of drug-likeness (QED) is 0.812. The zero-order chi connectivity index (χ0) is 11.5. The van der Waals surface area contributed by atoms with Gasteiger partial charge in [-0.05, 0) is 41.6 Å². The van der Waals surface area contributed by atoms with Crippen LogP contribution in [-0.2, 0) is 13.7 Å². The number of benzene rings is 1. The Labute approximate surface area is 108 Å². The Bertz CT molecular complexity index is 496. The number of hydrogen-bond donors (Lipinski definition) is 0. The van der Waals surface area contributed by atoms with Crippen LogP contribution in [0.4, 0.5) is 0 Å². The second kappa shape index (κ2) is 4.82. The molecule has 0 fully saturated rings. The molecule has 5 heteroatoms. The van der Waals surface area contributed by atoms with Crippen LogP contribution in [-0.4, -0.2) is 14.8 Å². The van der Waals surface area contributed by atoms with Crippen molar-refractivity contribution in [3.63, 3.8) is 0 Å². The average Bonchev–Trinajstić information content (AvgIpc) is 2.59. The van der Waals surface area contributed by atoms with Crippen molar-refractivity contribution in [1.29, 1.82) is 0 Å². The first-order valence-corrected chi connectivity index (χ1v) is 5.98. The predicted octanol–water partition coefficient (Wildman–Crippen LogP) is 2.31. The van der Waals surface area contributed by atoms with E-state index in [1.54, 1.807) is 0 Å². The molecule has 1 heterocycles. The van der Waals surface area contributed by atoms with Gasteiger partial charge in [0.1, 0.15) is 18.2 Å². The van der Waals surface area contributed by atoms with E-state index in [-0.39, 0.29) is 0 Å². The van der Waals surface area contributed by atoms with Gasteiger partial charge >= 0.3 is 0 Å². The fourth-order valence-corrected chi connectivity index (χ4v) is 1.82. The molecule has 0 radical (unpaired) electrons. The molecule has 0 aliphatic rings. The van der Waals surface area contributed by atoms with Gasteiger partial charge in [-0.15, -0.1) is 10.2 Å². The third kappa shape index (κ3) is 2.34. The Hall–Kier alpha value is -1.11. The first-order chi connectivity index (χ1) is 7.68. The van der Waals surface area contributed by atoms with E-state index < -0.39 is 0 Å². The molecule has 1 aromatic carbocycles. The molecule has 0 spiro atoms. The molecule has 2 rings (SSSR count). The normalized spacial score (nSPS) is 10.4. The van der Waals surface area contributed by atoms with Crippen LogP contribution in [0.1, 0.15) is 11.6 Å². The topological polar surface area (TPSA) is 39.9 Å². The predicted molar refractivity (Wildman–Crippen MR) is 69.2 cm³/mol. The lowest BCUT2D eigenvalue weighted by Crippen LogP contribution is -2.05. The second-order valence-electron chi connectivity index (χ2n) is 3.44. The highest BCUT2D eigenvalue weighted by atomic mass is 127. The molecule has 4 nitrogen and oxygen atoms in total. The van der Waals surface area contributed by atoms with Crippen LogP contribution in [0.3, 0.4) is 0 Å². The van der Waals surface area contributed by atoms with Gasteiger partial charge in [-0.3, -0.25) is 0 Å². The molecule has 0 saturated heterocycles. The van der Waals surface area contributed by atoms with E-state index in [0.717, 1.165) is 21.0 Å². The Balaban J connectivity index is 2.08. The number of ether oxygens (including phenoxy) is 1. The van der Waals surface area contributed by atoms with Crippen molar-refractivity contribution >= 4 is 22.6 Å². The maximum absolute atomic E-state index is 5.69. The molecule has 2 aromatic rings. The van der Waals surface area contributed by atoms with Crippen LogP contribution in [0, 0.1) is 10.5 Å². The molecular formula is C11H12IN3O. The van der Waals surface area contributed by atoms with Crippen LogP contribution in [0.25, 0.3) is 0 Å². The van der Waals surface area contributed by atoms with E-state index in [2.05, 4.69) is 32.8 Å². The largest absolute Gasteiger partial charge is 0.484 e. The Morgan fingerprint density at radius 2 is 2.06 bits per heavy atom. The van der Waals surface area contributed by atoms with Crippen molar-refractivity contribution in [2.24, 2.45) is 7.05 Å². The van der Waals surface area contributed by atoms with E-state index >= 15 is 0 Å². The van der Waals surface area contributed by atoms with Gasteiger partial charge in [0.15, 0.2) is 5.82 Å². The molecule has 0 N–H and O–H groups in total. The van der Waals surface area contributed by atoms with E-state index in [0.29, 0.717) is 6.61 Å². The monoisotopic (exact) mass is 329 g/mol. The summed E-state index contributed by atoms with van der Waals surface area (Å²) in [5, 5.41) is 8.03. The molecular weight excluding hydrogens is 317 g/mol. The van der Waals surface area contributed by atoms with Gasteiger partial charge in [0.05, 0.1) is 3.57 Å². The average molecular weight is 329 g/mol. The molecule has 0 aliphatic heterocycles. The second-order valence-corrected chi connectivity index (χ2v) is 4.60. The summed E-state index contributed by atoms with van der Waals surface area (Å²) in [6, 6.07) is 7.91. The van der Waals surface area contributed by atoms with Crippen molar-refractivity contribution in [1.82, 2.24) is 14.8 Å². The van der Waals surface area contributed by atoms with Gasteiger partial charge < -0.3 is 9.30 Å². The van der Waals surface area contributed by atoms with E-state index in [1.165, 1.54) is 0 Å². The van der Waals surface area contributed by atoms with Gasteiger partial charge in [0.2, 0.25) is 0 Å². The molecule has 84 valence electrons. The molecule has 0 aliphatic carbocycles. The molecule has 0 saturated carbocycles. The fourth-order valence-electron chi connectivity index (χ4n) is 1.28. The summed E-state index contributed by atoms with van der Waals surface area (Å²) in [6.07, 6.45) is 0. The SMILES string of the molecule is Cc1nnc(COc2ccccc2I)n1C. The van der Waals surface area contributed by atoms with Gasteiger partial charge in [0, 0.05) is 7.05 Å². The first kappa shape index (κ1) is 11.4. The lowest BCUT2D eigenvalue weighted by atomic mass is 10.3. The third-order valence-electron chi connectivity index (χ3n) is 2.38. The van der Waals surface area contributed by atoms with Crippen LogP contribution >= 0.6 is 22.6 Å². The lowest BCUT2D eigenvalue weighted by molar-refractivity contribution is 0.289. The molecule has 0 amide bonds. The molecule has 0 atom stereocenters. The lowest BCUT2D eigenvalue weighted by Gasteiger charge is -2.07. The van der Waals surface area contributed by atoms with Gasteiger partial charge in [-0.2, -0.15) is 0 Å². The highest BCUT2D eigenvalue weighted by molar-refractivity contribution is 14.1. The van der Waals surface area contributed by atoms with Crippen LogP contribution < -0.4 is 4.74 Å². The summed E-state index contributed by atoms with van der Waals surface area (Å²) >= 11 is 2.25. The van der Waals surface area contributed by atoms with Crippen molar-refractivity contribution in [3.8, 4) is 5.75 Å². The van der Waals surface area contributed by atoms with E-state index in [9.17, 15) is 0 Å². The van der Waals surface area contributed by atoms with Gasteiger partial charge in [-0.1, -0.05) is 12.1 Å². The van der Waals surface area contributed by atoms with Gasteiger partial charge in [0.25, 0.3) is 0 Å². The summed E-state index contributed by atoms with van der Waals surface area (Å²) in [5.74, 6) is 2.60. The summed E-state index contributed by atoms with van der Waals surface area (Å²) in [7, 11) is 1.93. The van der Waals surface area contributed by atoms with Crippen LogP contribution in [0.5, 0.6) is 5.75 Å². The van der Waals surface area contributed by atoms with Crippen molar-refractivity contribution < 1.29 is 4.74 Å². The number of para-hydroxylation sites is 1. The van der Waals surface area contributed by atoms with Crippen LogP contribution in [0.15, 0.2) is 24.3 Å². The number of aromatic nitrogens is 3. The first-order valence-electron chi connectivity index (χ1n) is 4.90. The smallest absolute Gasteiger partial charge is 0.170 e. The molecule has 16 heavy (non-hydrogen) atoms. The molecule has 0 unspecified atom stereocenters. The standard InChI is InChI=1S/C11H12IN3O/c1-8-13-14-11(15(8)2)7-16-10-6-4-3-5-9(10)12/h3-6H,7H2,1-2H3. The minimum absolute atomic E-state index is 0.442. The molecule has 0 bridgehead atoms. The number of rotatable bonds is 3. The summed E-state index contributed by atoms with van der Waals surface area (Å²) in [6.45, 7) is 2.36. The highest BCUT2D eigenvalue weighted by Crippen LogP contribution is 2.20. The Kier molecular flexibility index (Phi) is 3.42. The van der Waals surface area contributed by atoms with Crippen molar-refractivity contribution in [3.05, 3.63) is 39.5 Å². The zero-order valence-corrected chi connectivity index (χ0v) is 11.3. The van der Waals surface area contributed by atoms with Gasteiger partial charge in [-0.25, -0.2) is 0 Å². The van der Waals surface area contributed by atoms with Crippen molar-refractivity contribution in [2.75, 3.05) is 0 Å². The minimum Gasteiger partial charge on any atom is -0.484 e. The summed E-state index contributed by atoms with van der Waals surface area (Å²) < 4.78 is 8.71. The third-order valence-corrected chi connectivity index (χ3v) is 3.27. The minimum atomic E-state index is 0.442. The number of nitrogens with zero attached hydrogens (tertiary/aromatic N) is 3. The van der Waals surface area contributed by atoms with Crippen molar-refractivity contribution in [2.45, 2.75) is 13.5 Å². The summed E-state index contributed by atoms with van der Waals surface area (Å²) in [5.41, 5.74) is 0.